The second-order valence-corrected chi connectivity index (χ2v) is 6.23. The van der Waals surface area contributed by atoms with Crippen molar-refractivity contribution in [3.63, 3.8) is 0 Å². The van der Waals surface area contributed by atoms with E-state index < -0.39 is 0 Å². The number of aromatic nitrogens is 1. The Morgan fingerprint density at radius 1 is 1.37 bits per heavy atom. The number of H-pyrrole nitrogens is 1. The summed E-state index contributed by atoms with van der Waals surface area (Å²) >= 11 is 0. The van der Waals surface area contributed by atoms with Crippen LogP contribution in [0.25, 0.3) is 10.9 Å². The Kier molecular flexibility index (Phi) is 3.27. The van der Waals surface area contributed by atoms with Crippen LogP contribution in [0.4, 0.5) is 5.69 Å². The number of carbonyl (C=O) groups is 1. The van der Waals surface area contributed by atoms with Gasteiger partial charge in [-0.25, -0.2) is 0 Å². The van der Waals surface area contributed by atoms with Crippen LogP contribution in [0.3, 0.4) is 0 Å². The predicted octanol–water partition coefficient (Wildman–Crippen LogP) is 2.87. The molecule has 1 amide bonds. The van der Waals surface area contributed by atoms with Crippen molar-refractivity contribution in [2.45, 2.75) is 20.8 Å². The third-order valence-corrected chi connectivity index (χ3v) is 2.99. The predicted molar refractivity (Wildman–Crippen MR) is 79.1 cm³/mol. The fraction of sp³-hybridized carbons (Fsp3) is 0.400. The van der Waals surface area contributed by atoms with E-state index in [0.29, 0.717) is 17.8 Å². The van der Waals surface area contributed by atoms with Crippen molar-refractivity contribution in [3.8, 4) is 0 Å². The van der Waals surface area contributed by atoms with E-state index in [1.807, 2.05) is 25.2 Å². The first-order valence-corrected chi connectivity index (χ1v) is 6.40. The minimum Gasteiger partial charge on any atom is -0.399 e. The minimum absolute atomic E-state index is 0.0202. The van der Waals surface area contributed by atoms with Crippen molar-refractivity contribution < 1.29 is 4.79 Å². The molecule has 0 bridgehead atoms. The van der Waals surface area contributed by atoms with Crippen LogP contribution in [0.5, 0.6) is 0 Å². The molecular formula is C15H21N3O. The lowest BCUT2D eigenvalue weighted by Gasteiger charge is -2.26. The molecule has 4 heteroatoms. The molecule has 0 saturated carbocycles. The molecule has 2 aromatic rings. The normalized spacial score (nSPS) is 11.8. The molecule has 4 nitrogen and oxygen atoms in total. The van der Waals surface area contributed by atoms with Gasteiger partial charge in [0.2, 0.25) is 0 Å². The van der Waals surface area contributed by atoms with Crippen molar-refractivity contribution in [2.24, 2.45) is 5.41 Å². The van der Waals surface area contributed by atoms with E-state index in [-0.39, 0.29) is 11.3 Å². The molecule has 0 aliphatic carbocycles. The van der Waals surface area contributed by atoms with Gasteiger partial charge in [0.15, 0.2) is 0 Å². The highest BCUT2D eigenvalue weighted by Gasteiger charge is 2.21. The van der Waals surface area contributed by atoms with E-state index in [2.05, 4.69) is 25.8 Å². The Bertz CT molecular complexity index is 607. The number of hydrogen-bond donors (Lipinski definition) is 2. The summed E-state index contributed by atoms with van der Waals surface area (Å²) in [6.07, 6.45) is 1.76. The minimum atomic E-state index is 0.0202. The Morgan fingerprint density at radius 2 is 2.05 bits per heavy atom. The lowest BCUT2D eigenvalue weighted by molar-refractivity contribution is 0.0747. The van der Waals surface area contributed by atoms with Crippen molar-refractivity contribution >= 4 is 22.5 Å². The first-order valence-electron chi connectivity index (χ1n) is 6.40. The monoisotopic (exact) mass is 259 g/mol. The first kappa shape index (κ1) is 13.5. The lowest BCUT2D eigenvalue weighted by Crippen LogP contribution is -2.34. The number of rotatable bonds is 2. The molecule has 3 N–H and O–H groups in total. The van der Waals surface area contributed by atoms with Gasteiger partial charge in [-0.2, -0.15) is 0 Å². The van der Waals surface area contributed by atoms with Gasteiger partial charge in [-0.05, 0) is 23.6 Å². The highest BCUT2D eigenvalue weighted by molar-refractivity contribution is 6.07. The van der Waals surface area contributed by atoms with Crippen molar-refractivity contribution in [1.82, 2.24) is 9.88 Å². The van der Waals surface area contributed by atoms with Crippen LogP contribution in [0, 0.1) is 5.41 Å². The standard InChI is InChI=1S/C15H21N3O/c1-15(2,3)9-18(4)14(19)12-8-17-13-6-5-10(16)7-11(12)13/h5-8,17H,9,16H2,1-4H3. The number of nitrogens with two attached hydrogens (primary N) is 1. The summed E-state index contributed by atoms with van der Waals surface area (Å²) in [6, 6.07) is 5.56. The van der Waals surface area contributed by atoms with Crippen molar-refractivity contribution in [2.75, 3.05) is 19.3 Å². The van der Waals surface area contributed by atoms with Crippen LogP contribution in [-0.4, -0.2) is 29.4 Å². The van der Waals surface area contributed by atoms with Crippen molar-refractivity contribution in [1.29, 1.82) is 0 Å². The molecule has 0 atom stereocenters. The number of anilines is 1. The highest BCUT2D eigenvalue weighted by atomic mass is 16.2. The van der Waals surface area contributed by atoms with Crippen molar-refractivity contribution in [3.05, 3.63) is 30.0 Å². The van der Waals surface area contributed by atoms with Gasteiger partial charge in [-0.15, -0.1) is 0 Å². The number of carbonyl (C=O) groups excluding carboxylic acids is 1. The Morgan fingerprint density at radius 3 is 2.68 bits per heavy atom. The quantitative estimate of drug-likeness (QED) is 0.815. The lowest BCUT2D eigenvalue weighted by atomic mass is 9.96. The number of nitrogens with zero attached hydrogens (tertiary/aromatic N) is 1. The maximum absolute atomic E-state index is 12.5. The smallest absolute Gasteiger partial charge is 0.255 e. The number of aromatic amines is 1. The summed E-state index contributed by atoms with van der Waals surface area (Å²) in [7, 11) is 1.83. The van der Waals surface area contributed by atoms with Gasteiger partial charge in [-0.3, -0.25) is 4.79 Å². The topological polar surface area (TPSA) is 62.1 Å². The third-order valence-electron chi connectivity index (χ3n) is 2.99. The average molecular weight is 259 g/mol. The zero-order valence-electron chi connectivity index (χ0n) is 11.9. The van der Waals surface area contributed by atoms with Crippen LogP contribution in [-0.2, 0) is 0 Å². The van der Waals surface area contributed by atoms with Gasteiger partial charge in [0.05, 0.1) is 5.56 Å². The summed E-state index contributed by atoms with van der Waals surface area (Å²) in [4.78, 5) is 17.3. The molecule has 0 radical (unpaired) electrons. The van der Waals surface area contributed by atoms with Gasteiger partial charge in [-0.1, -0.05) is 20.8 Å². The Balaban J connectivity index is 2.34. The van der Waals surface area contributed by atoms with Gasteiger partial charge in [0, 0.05) is 36.4 Å². The number of nitrogen functional groups attached to an aromatic ring is 1. The number of fused-ring (bicyclic) bond motifs is 1. The summed E-state index contributed by atoms with van der Waals surface area (Å²) in [5.41, 5.74) is 8.14. The van der Waals surface area contributed by atoms with E-state index in [0.717, 1.165) is 10.9 Å². The maximum atomic E-state index is 12.5. The molecule has 0 saturated heterocycles. The van der Waals surface area contributed by atoms with Crippen LogP contribution >= 0.6 is 0 Å². The number of benzene rings is 1. The van der Waals surface area contributed by atoms with Crippen LogP contribution in [0.1, 0.15) is 31.1 Å². The number of hydrogen-bond acceptors (Lipinski definition) is 2. The molecule has 0 fully saturated rings. The zero-order valence-corrected chi connectivity index (χ0v) is 11.9. The molecule has 0 aliphatic heterocycles. The second kappa shape index (κ2) is 4.61. The van der Waals surface area contributed by atoms with Gasteiger partial charge >= 0.3 is 0 Å². The SMILES string of the molecule is CN(CC(C)(C)C)C(=O)c1c[nH]c2ccc(N)cc12. The largest absolute Gasteiger partial charge is 0.399 e. The van der Waals surface area contributed by atoms with E-state index in [1.54, 1.807) is 11.1 Å². The van der Waals surface area contributed by atoms with E-state index in [9.17, 15) is 4.79 Å². The maximum Gasteiger partial charge on any atom is 0.255 e. The summed E-state index contributed by atoms with van der Waals surface area (Å²) in [5, 5.41) is 0.880. The van der Waals surface area contributed by atoms with E-state index in [4.69, 9.17) is 5.73 Å². The second-order valence-electron chi connectivity index (χ2n) is 6.23. The molecule has 2 rings (SSSR count). The molecule has 1 heterocycles. The molecule has 1 aromatic heterocycles. The fourth-order valence-electron chi connectivity index (χ4n) is 2.30. The summed E-state index contributed by atoms with van der Waals surface area (Å²) in [6.45, 7) is 7.05. The molecule has 1 aromatic carbocycles. The van der Waals surface area contributed by atoms with E-state index in [1.165, 1.54) is 0 Å². The Hall–Kier alpha value is -1.97. The fourth-order valence-corrected chi connectivity index (χ4v) is 2.30. The molecule has 0 spiro atoms. The van der Waals surface area contributed by atoms with E-state index >= 15 is 0 Å². The molecular weight excluding hydrogens is 238 g/mol. The average Bonchev–Trinajstić information content (AvgIpc) is 2.68. The zero-order chi connectivity index (χ0) is 14.2. The Labute approximate surface area is 113 Å². The van der Waals surface area contributed by atoms with Crippen LogP contribution in [0.15, 0.2) is 24.4 Å². The summed E-state index contributed by atoms with van der Waals surface area (Å²) < 4.78 is 0. The van der Waals surface area contributed by atoms with Gasteiger partial charge in [0.1, 0.15) is 0 Å². The third kappa shape index (κ3) is 2.89. The molecule has 102 valence electrons. The molecule has 0 unspecified atom stereocenters. The van der Waals surface area contributed by atoms with Gasteiger partial charge in [0.25, 0.3) is 5.91 Å². The van der Waals surface area contributed by atoms with Gasteiger partial charge < -0.3 is 15.6 Å². The first-order chi connectivity index (χ1) is 8.78. The highest BCUT2D eigenvalue weighted by Crippen LogP contribution is 2.23. The molecule has 0 aliphatic rings. The van der Waals surface area contributed by atoms with Crippen LogP contribution in [0.2, 0.25) is 0 Å². The number of amides is 1. The number of nitrogens with one attached hydrogen (secondary N) is 1. The summed E-state index contributed by atoms with van der Waals surface area (Å²) in [5.74, 6) is 0.0202. The van der Waals surface area contributed by atoms with Crippen LogP contribution < -0.4 is 5.73 Å². The molecule has 19 heavy (non-hydrogen) atoms.